The van der Waals surface area contributed by atoms with Gasteiger partial charge in [0, 0.05) is 30.1 Å². The van der Waals surface area contributed by atoms with Gasteiger partial charge < -0.3 is 9.84 Å². The first-order chi connectivity index (χ1) is 16.3. The molecule has 0 radical (unpaired) electrons. The van der Waals surface area contributed by atoms with Crippen LogP contribution < -0.4 is 5.32 Å². The molecule has 1 aliphatic heterocycles. The van der Waals surface area contributed by atoms with E-state index in [1.54, 1.807) is 25.3 Å². The Morgan fingerprint density at radius 1 is 1.21 bits per heavy atom. The second-order valence-corrected chi connectivity index (χ2v) is 12.2. The molecule has 1 saturated carbocycles. The third-order valence-corrected chi connectivity index (χ3v) is 9.69. The minimum absolute atomic E-state index is 0.138. The average molecular weight is 502 g/mol. The number of carbonyl (C=O) groups is 1. The van der Waals surface area contributed by atoms with Crippen molar-refractivity contribution in [2.24, 2.45) is 5.92 Å². The maximum Gasteiger partial charge on any atom is 0.244 e. The smallest absolute Gasteiger partial charge is 0.244 e. The van der Waals surface area contributed by atoms with Crippen molar-refractivity contribution in [3.63, 3.8) is 0 Å². The fourth-order valence-electron chi connectivity index (χ4n) is 4.27. The van der Waals surface area contributed by atoms with Crippen LogP contribution in [0.1, 0.15) is 54.4 Å². The number of hydrogen-bond acceptors (Lipinski definition) is 8. The number of amides is 1. The van der Waals surface area contributed by atoms with E-state index in [1.807, 2.05) is 13.0 Å². The van der Waals surface area contributed by atoms with Crippen LogP contribution in [0.15, 0.2) is 33.8 Å². The Hall–Kier alpha value is -2.63. The maximum atomic E-state index is 13.5. The van der Waals surface area contributed by atoms with Gasteiger partial charge in [0.1, 0.15) is 5.82 Å². The lowest BCUT2D eigenvalue weighted by Crippen LogP contribution is -2.43. The molecule has 5 rings (SSSR count). The van der Waals surface area contributed by atoms with Crippen molar-refractivity contribution in [2.45, 2.75) is 56.8 Å². The summed E-state index contributed by atoms with van der Waals surface area (Å²) in [5.41, 5.74) is 0.999. The first-order valence-electron chi connectivity index (χ1n) is 11.5. The predicted octanol–water partition coefficient (Wildman–Crippen LogP) is 4.12. The highest BCUT2D eigenvalue weighted by atomic mass is 32.2. The molecule has 1 unspecified atom stereocenters. The lowest BCUT2D eigenvalue weighted by molar-refractivity contribution is -0.120. The molecule has 0 spiro atoms. The van der Waals surface area contributed by atoms with Crippen molar-refractivity contribution in [3.05, 3.63) is 40.7 Å². The van der Waals surface area contributed by atoms with E-state index in [-0.39, 0.29) is 17.3 Å². The van der Waals surface area contributed by atoms with E-state index in [2.05, 4.69) is 20.4 Å². The van der Waals surface area contributed by atoms with Crippen LogP contribution >= 0.6 is 11.3 Å². The standard InChI is InChI=1S/C23H27N5O4S2/c1-14-8-9-20(24-12-14)25-22(29)17-7-4-10-28(13-17)34(30,31)19-11-18(33-15(19)2)21-26-23(32-27-21)16-5-3-6-16/h8-9,11-12,16-17H,3-7,10,13H2,1-2H3,(H,24,25,29). The molecule has 180 valence electrons. The Bertz CT molecular complexity index is 1300. The number of nitrogens with one attached hydrogen (secondary N) is 1. The summed E-state index contributed by atoms with van der Waals surface area (Å²) in [6.45, 7) is 4.23. The first-order valence-corrected chi connectivity index (χ1v) is 13.7. The Labute approximate surface area is 202 Å². The van der Waals surface area contributed by atoms with Crippen LogP contribution in [0, 0.1) is 19.8 Å². The van der Waals surface area contributed by atoms with Crippen molar-refractivity contribution >= 4 is 33.1 Å². The molecule has 11 heteroatoms. The van der Waals surface area contributed by atoms with Gasteiger partial charge in [-0.3, -0.25) is 4.79 Å². The number of carbonyl (C=O) groups excluding carboxylic acids is 1. The third-order valence-electron chi connectivity index (χ3n) is 6.52. The van der Waals surface area contributed by atoms with E-state index in [0.29, 0.717) is 52.6 Å². The lowest BCUT2D eigenvalue weighted by Gasteiger charge is -2.31. The van der Waals surface area contributed by atoms with Gasteiger partial charge in [-0.2, -0.15) is 9.29 Å². The van der Waals surface area contributed by atoms with E-state index >= 15 is 0 Å². The summed E-state index contributed by atoms with van der Waals surface area (Å²) in [7, 11) is -3.77. The zero-order valence-corrected chi connectivity index (χ0v) is 20.8. The van der Waals surface area contributed by atoms with Crippen LogP contribution in [0.5, 0.6) is 0 Å². The number of sulfonamides is 1. The molecule has 1 atom stereocenters. The number of anilines is 1. The summed E-state index contributed by atoms with van der Waals surface area (Å²) in [5.74, 6) is 1.19. The molecule has 0 aromatic carbocycles. The third kappa shape index (κ3) is 4.51. The summed E-state index contributed by atoms with van der Waals surface area (Å²) >= 11 is 1.34. The fraction of sp³-hybridized carbons (Fsp3) is 0.478. The lowest BCUT2D eigenvalue weighted by atomic mass is 9.85. The number of thiophene rings is 1. The normalized spacial score (nSPS) is 19.6. The van der Waals surface area contributed by atoms with Gasteiger partial charge in [0.25, 0.3) is 0 Å². The highest BCUT2D eigenvalue weighted by Gasteiger charge is 2.35. The Balaban J connectivity index is 1.31. The van der Waals surface area contributed by atoms with Crippen molar-refractivity contribution in [1.29, 1.82) is 0 Å². The van der Waals surface area contributed by atoms with E-state index < -0.39 is 15.9 Å². The van der Waals surface area contributed by atoms with E-state index in [9.17, 15) is 13.2 Å². The molecule has 1 aliphatic carbocycles. The zero-order valence-electron chi connectivity index (χ0n) is 19.2. The van der Waals surface area contributed by atoms with Crippen LogP contribution in [-0.4, -0.2) is 46.8 Å². The molecule has 2 aliphatic rings. The number of rotatable bonds is 6. The highest BCUT2D eigenvalue weighted by Crippen LogP contribution is 2.38. The van der Waals surface area contributed by atoms with Gasteiger partial charge >= 0.3 is 0 Å². The summed E-state index contributed by atoms with van der Waals surface area (Å²) in [6, 6.07) is 5.25. The molecule has 1 saturated heterocycles. The summed E-state index contributed by atoms with van der Waals surface area (Å²) in [4.78, 5) is 23.1. The monoisotopic (exact) mass is 501 g/mol. The van der Waals surface area contributed by atoms with E-state index in [0.717, 1.165) is 18.4 Å². The second kappa shape index (κ2) is 9.20. The van der Waals surface area contributed by atoms with Crippen molar-refractivity contribution in [3.8, 4) is 10.7 Å². The molecular weight excluding hydrogens is 474 g/mol. The Morgan fingerprint density at radius 2 is 2.03 bits per heavy atom. The summed E-state index contributed by atoms with van der Waals surface area (Å²) in [5, 5.41) is 6.89. The first kappa shape index (κ1) is 23.1. The highest BCUT2D eigenvalue weighted by molar-refractivity contribution is 7.89. The molecule has 0 bridgehead atoms. The maximum absolute atomic E-state index is 13.5. The second-order valence-electron chi connectivity index (χ2n) is 9.03. The van der Waals surface area contributed by atoms with Crippen molar-refractivity contribution in [1.82, 2.24) is 19.4 Å². The van der Waals surface area contributed by atoms with Crippen LogP contribution in [0.25, 0.3) is 10.7 Å². The molecule has 2 fully saturated rings. The Morgan fingerprint density at radius 3 is 2.74 bits per heavy atom. The largest absolute Gasteiger partial charge is 0.339 e. The molecule has 4 heterocycles. The minimum Gasteiger partial charge on any atom is -0.339 e. The minimum atomic E-state index is -3.77. The van der Waals surface area contributed by atoms with Gasteiger partial charge in [-0.15, -0.1) is 11.3 Å². The number of hydrogen-bond donors (Lipinski definition) is 1. The van der Waals surface area contributed by atoms with Crippen LogP contribution in [0.4, 0.5) is 5.82 Å². The summed E-state index contributed by atoms with van der Waals surface area (Å²) in [6.07, 6.45) is 6.19. The average Bonchev–Trinajstić information content (AvgIpc) is 3.41. The number of nitrogens with zero attached hydrogens (tertiary/aromatic N) is 4. The summed E-state index contributed by atoms with van der Waals surface area (Å²) < 4.78 is 33.8. The van der Waals surface area contributed by atoms with Gasteiger partial charge in [-0.1, -0.05) is 17.6 Å². The topological polar surface area (TPSA) is 118 Å². The molecule has 3 aromatic heterocycles. The molecule has 1 N–H and O–H groups in total. The number of aromatic nitrogens is 3. The van der Waals surface area contributed by atoms with E-state index in [1.165, 1.54) is 22.1 Å². The quantitative estimate of drug-likeness (QED) is 0.540. The van der Waals surface area contributed by atoms with E-state index in [4.69, 9.17) is 4.52 Å². The predicted molar refractivity (Wildman–Crippen MR) is 128 cm³/mol. The fourth-order valence-corrected chi connectivity index (χ4v) is 7.28. The Kier molecular flexibility index (Phi) is 6.26. The molecule has 34 heavy (non-hydrogen) atoms. The SMILES string of the molecule is Cc1ccc(NC(=O)C2CCCN(S(=O)(=O)c3cc(-c4noc(C5CCC5)n4)sc3C)C2)nc1. The number of pyridine rings is 1. The molecule has 1 amide bonds. The zero-order chi connectivity index (χ0) is 23.9. The van der Waals surface area contributed by atoms with Gasteiger partial charge in [-0.05, 0) is 57.2 Å². The molecule has 3 aromatic rings. The van der Waals surface area contributed by atoms with Gasteiger partial charge in [0.2, 0.25) is 27.6 Å². The molecule has 9 nitrogen and oxygen atoms in total. The van der Waals surface area contributed by atoms with Crippen LogP contribution in [0.3, 0.4) is 0 Å². The van der Waals surface area contributed by atoms with Crippen molar-refractivity contribution < 1.29 is 17.7 Å². The van der Waals surface area contributed by atoms with Gasteiger partial charge in [-0.25, -0.2) is 13.4 Å². The van der Waals surface area contributed by atoms with Crippen LogP contribution in [-0.2, 0) is 14.8 Å². The number of piperidine rings is 1. The molecular formula is C23H27N5O4S2. The van der Waals surface area contributed by atoms with Crippen molar-refractivity contribution in [2.75, 3.05) is 18.4 Å². The van der Waals surface area contributed by atoms with Crippen LogP contribution in [0.2, 0.25) is 0 Å². The van der Waals surface area contributed by atoms with Gasteiger partial charge in [0.05, 0.1) is 15.7 Å². The van der Waals surface area contributed by atoms with Gasteiger partial charge in [0.15, 0.2) is 0 Å². The number of aryl methyl sites for hydroxylation is 2.